The smallest absolute Gasteiger partial charge is 0.321 e. The maximum Gasteiger partial charge on any atom is 0.321 e. The molecule has 1 aromatic carbocycles. The van der Waals surface area contributed by atoms with E-state index < -0.39 is 3.93 Å². The standard InChI is InChI=1S/C17H12F2IN3O2/c1-24-15-13(3-2-8-22-15)14-9-21-10-23-16(14)25-12-6-4-11(5-7-12)17(18,19)20/h2-10H,1H3. The molecule has 0 atom stereocenters. The van der Waals surface area contributed by atoms with Gasteiger partial charge in [-0.3, -0.25) is 0 Å². The second-order valence-corrected chi connectivity index (χ2v) is 6.28. The topological polar surface area (TPSA) is 57.1 Å². The molecule has 3 aromatic rings. The van der Waals surface area contributed by atoms with Crippen molar-refractivity contribution in [3.05, 3.63) is 60.7 Å². The molecule has 0 spiro atoms. The Hall–Kier alpha value is -2.36. The van der Waals surface area contributed by atoms with Crippen molar-refractivity contribution in [2.45, 2.75) is 3.93 Å². The maximum atomic E-state index is 13.3. The Morgan fingerprint density at radius 2 is 1.76 bits per heavy atom. The highest BCUT2D eigenvalue weighted by atomic mass is 127. The van der Waals surface area contributed by atoms with E-state index in [-0.39, 0.29) is 11.4 Å². The third-order valence-electron chi connectivity index (χ3n) is 3.33. The van der Waals surface area contributed by atoms with E-state index in [1.165, 1.54) is 37.7 Å². The molecule has 0 fully saturated rings. The van der Waals surface area contributed by atoms with Gasteiger partial charge in [0.15, 0.2) is 0 Å². The van der Waals surface area contributed by atoms with Gasteiger partial charge in [0.2, 0.25) is 11.8 Å². The lowest BCUT2D eigenvalue weighted by atomic mass is 10.1. The average molecular weight is 455 g/mol. The van der Waals surface area contributed by atoms with E-state index in [1.54, 1.807) is 24.5 Å². The minimum atomic E-state index is -2.93. The van der Waals surface area contributed by atoms with Crippen LogP contribution < -0.4 is 9.47 Å². The van der Waals surface area contributed by atoms with E-state index in [0.29, 0.717) is 22.8 Å². The van der Waals surface area contributed by atoms with Gasteiger partial charge in [-0.05, 0) is 36.4 Å². The molecule has 2 aromatic heterocycles. The average Bonchev–Trinajstić information content (AvgIpc) is 2.62. The third kappa shape index (κ3) is 4.01. The molecule has 0 radical (unpaired) electrons. The van der Waals surface area contributed by atoms with Crippen molar-refractivity contribution in [2.75, 3.05) is 7.11 Å². The summed E-state index contributed by atoms with van der Waals surface area (Å²) < 4.78 is 34.6. The molecule has 0 aliphatic carbocycles. The summed E-state index contributed by atoms with van der Waals surface area (Å²) in [5.41, 5.74) is 1.14. The lowest BCUT2D eigenvalue weighted by Crippen LogP contribution is -2.01. The monoisotopic (exact) mass is 455 g/mol. The predicted octanol–water partition coefficient (Wildman–Crippen LogP) is 4.82. The van der Waals surface area contributed by atoms with Gasteiger partial charge < -0.3 is 9.47 Å². The van der Waals surface area contributed by atoms with E-state index in [2.05, 4.69) is 15.0 Å². The summed E-state index contributed by atoms with van der Waals surface area (Å²) in [6.07, 6.45) is 4.53. The number of halogens is 3. The van der Waals surface area contributed by atoms with Crippen molar-refractivity contribution in [1.29, 1.82) is 0 Å². The Bertz CT molecular complexity index is 870. The fraction of sp³-hybridized carbons (Fsp3) is 0.118. The van der Waals surface area contributed by atoms with Crippen LogP contribution in [0, 0.1) is 0 Å². The summed E-state index contributed by atoms with van der Waals surface area (Å²) in [6.45, 7) is 0. The molecule has 0 saturated heterocycles. The van der Waals surface area contributed by atoms with Gasteiger partial charge in [0.1, 0.15) is 12.1 Å². The van der Waals surface area contributed by atoms with Crippen LogP contribution in [0.1, 0.15) is 5.56 Å². The number of nitrogens with zero attached hydrogens (tertiary/aromatic N) is 3. The normalized spacial score (nSPS) is 11.2. The van der Waals surface area contributed by atoms with E-state index >= 15 is 0 Å². The summed E-state index contributed by atoms with van der Waals surface area (Å²) in [5, 5.41) is 0. The first-order chi connectivity index (χ1) is 12.0. The zero-order valence-electron chi connectivity index (χ0n) is 13.0. The van der Waals surface area contributed by atoms with Crippen LogP contribution in [0.3, 0.4) is 0 Å². The second kappa shape index (κ2) is 7.26. The highest BCUT2D eigenvalue weighted by molar-refractivity contribution is 14.1. The van der Waals surface area contributed by atoms with Crippen LogP contribution in [-0.2, 0) is 3.93 Å². The number of benzene rings is 1. The Morgan fingerprint density at radius 3 is 2.44 bits per heavy atom. The van der Waals surface area contributed by atoms with Crippen LogP contribution >= 0.6 is 22.6 Å². The summed E-state index contributed by atoms with van der Waals surface area (Å²) in [7, 11) is 1.51. The van der Waals surface area contributed by atoms with Crippen LogP contribution in [-0.4, -0.2) is 22.1 Å². The van der Waals surface area contributed by atoms with Crippen molar-refractivity contribution in [3.8, 4) is 28.6 Å². The van der Waals surface area contributed by atoms with Crippen molar-refractivity contribution in [1.82, 2.24) is 15.0 Å². The summed E-state index contributed by atoms with van der Waals surface area (Å²) in [4.78, 5) is 12.3. The van der Waals surface area contributed by atoms with Gasteiger partial charge in [0.05, 0.1) is 18.2 Å². The highest BCUT2D eigenvalue weighted by Crippen LogP contribution is 2.38. The van der Waals surface area contributed by atoms with E-state index in [9.17, 15) is 8.78 Å². The molecule has 0 saturated carbocycles. The molecule has 0 bridgehead atoms. The molecule has 0 aliphatic heterocycles. The number of hydrogen-bond acceptors (Lipinski definition) is 5. The zero-order valence-corrected chi connectivity index (χ0v) is 15.1. The van der Waals surface area contributed by atoms with Crippen molar-refractivity contribution in [2.24, 2.45) is 0 Å². The van der Waals surface area contributed by atoms with Crippen LogP contribution in [0.2, 0.25) is 0 Å². The lowest BCUT2D eigenvalue weighted by Gasteiger charge is -2.12. The van der Waals surface area contributed by atoms with E-state index in [1.807, 2.05) is 0 Å². The first-order valence-electron chi connectivity index (χ1n) is 7.13. The quantitative estimate of drug-likeness (QED) is 0.408. The molecule has 0 amide bonds. The highest BCUT2D eigenvalue weighted by Gasteiger charge is 2.26. The number of rotatable bonds is 5. The number of aromatic nitrogens is 3. The molecule has 25 heavy (non-hydrogen) atoms. The minimum absolute atomic E-state index is 0.0997. The summed E-state index contributed by atoms with van der Waals surface area (Å²) in [5.74, 6) is 1.06. The predicted molar refractivity (Wildman–Crippen MR) is 96.2 cm³/mol. The molecule has 3 rings (SSSR count). The number of ether oxygens (including phenoxy) is 2. The molecule has 128 valence electrons. The number of pyridine rings is 1. The van der Waals surface area contributed by atoms with Gasteiger partial charge >= 0.3 is 3.93 Å². The van der Waals surface area contributed by atoms with E-state index in [4.69, 9.17) is 9.47 Å². The van der Waals surface area contributed by atoms with Gasteiger partial charge in [-0.2, -0.15) is 8.78 Å². The maximum absolute atomic E-state index is 13.3. The molecular weight excluding hydrogens is 443 g/mol. The molecular formula is C17H12F2IN3O2. The minimum Gasteiger partial charge on any atom is -0.481 e. The molecule has 8 heteroatoms. The molecule has 0 N–H and O–H groups in total. The molecule has 5 nitrogen and oxygen atoms in total. The Balaban J connectivity index is 1.94. The Morgan fingerprint density at radius 1 is 1.00 bits per heavy atom. The number of hydrogen-bond donors (Lipinski definition) is 0. The molecule has 0 unspecified atom stereocenters. The number of methoxy groups -OCH3 is 1. The van der Waals surface area contributed by atoms with Gasteiger partial charge in [0.25, 0.3) is 0 Å². The van der Waals surface area contributed by atoms with Gasteiger partial charge in [0, 0.05) is 40.5 Å². The van der Waals surface area contributed by atoms with Gasteiger partial charge in [-0.25, -0.2) is 15.0 Å². The summed E-state index contributed by atoms with van der Waals surface area (Å²) >= 11 is 1.08. The lowest BCUT2D eigenvalue weighted by molar-refractivity contribution is 0.127. The van der Waals surface area contributed by atoms with Crippen molar-refractivity contribution < 1.29 is 18.3 Å². The first-order valence-corrected chi connectivity index (χ1v) is 8.21. The van der Waals surface area contributed by atoms with E-state index in [0.717, 1.165) is 22.6 Å². The Labute approximate surface area is 156 Å². The van der Waals surface area contributed by atoms with Crippen molar-refractivity contribution in [3.63, 3.8) is 0 Å². The Kier molecular flexibility index (Phi) is 5.07. The van der Waals surface area contributed by atoms with Crippen LogP contribution in [0.15, 0.2) is 55.1 Å². The largest absolute Gasteiger partial charge is 0.481 e. The molecule has 2 heterocycles. The van der Waals surface area contributed by atoms with Crippen molar-refractivity contribution >= 4 is 22.6 Å². The van der Waals surface area contributed by atoms with Crippen LogP contribution in [0.4, 0.5) is 8.78 Å². The third-order valence-corrected chi connectivity index (χ3v) is 3.95. The fourth-order valence-corrected chi connectivity index (χ4v) is 2.53. The fourth-order valence-electron chi connectivity index (χ4n) is 2.17. The van der Waals surface area contributed by atoms with Crippen LogP contribution in [0.5, 0.6) is 17.5 Å². The SMILES string of the molecule is COc1ncccc1-c1cncnc1Oc1ccc(C(F)(F)I)cc1. The molecule has 0 aliphatic rings. The van der Waals surface area contributed by atoms with Gasteiger partial charge in [-0.15, -0.1) is 0 Å². The number of alkyl halides is 3. The van der Waals surface area contributed by atoms with Crippen LogP contribution in [0.25, 0.3) is 11.1 Å². The second-order valence-electron chi connectivity index (χ2n) is 4.93. The van der Waals surface area contributed by atoms with Gasteiger partial charge in [-0.1, -0.05) is 0 Å². The first kappa shape index (κ1) is 17.5. The summed E-state index contributed by atoms with van der Waals surface area (Å²) in [6, 6.07) is 9.12. The zero-order chi connectivity index (χ0) is 17.9.